The molecule has 0 aromatic heterocycles. The molecule has 92 valence electrons. The maximum absolute atomic E-state index is 11.6. The van der Waals surface area contributed by atoms with Crippen molar-refractivity contribution in [3.63, 3.8) is 0 Å². The molecule has 1 aromatic rings. The zero-order valence-electron chi connectivity index (χ0n) is 9.90. The fourth-order valence-corrected chi connectivity index (χ4v) is 1.41. The van der Waals surface area contributed by atoms with E-state index in [1.807, 2.05) is 6.07 Å². The van der Waals surface area contributed by atoms with Crippen molar-refractivity contribution in [2.45, 2.75) is 6.04 Å². The second-order valence-corrected chi connectivity index (χ2v) is 3.46. The minimum absolute atomic E-state index is 0.153. The van der Waals surface area contributed by atoms with E-state index in [0.717, 1.165) is 0 Å². The number of rotatable bonds is 5. The van der Waals surface area contributed by atoms with E-state index in [1.165, 1.54) is 7.11 Å². The summed E-state index contributed by atoms with van der Waals surface area (Å²) in [5, 5.41) is 5.33. The number of amides is 1. The summed E-state index contributed by atoms with van der Waals surface area (Å²) in [6, 6.07) is 8.21. The smallest absolute Gasteiger partial charge is 0.333 e. The van der Waals surface area contributed by atoms with Gasteiger partial charge < -0.3 is 15.4 Å². The average molecular weight is 236 g/mol. The molecular weight excluding hydrogens is 220 g/mol. The molecule has 5 nitrogen and oxygen atoms in total. The second-order valence-electron chi connectivity index (χ2n) is 3.46. The summed E-state index contributed by atoms with van der Waals surface area (Å²) >= 11 is 0. The number of nitrogens with one attached hydrogen (secondary N) is 2. The molecule has 0 heterocycles. The van der Waals surface area contributed by atoms with Crippen molar-refractivity contribution in [1.82, 2.24) is 10.6 Å². The first-order chi connectivity index (χ1) is 8.19. The molecule has 0 saturated heterocycles. The van der Waals surface area contributed by atoms with Gasteiger partial charge in [0.1, 0.15) is 0 Å². The number of likely N-dealkylation sites (N-methyl/N-ethyl adjacent to an activating group) is 1. The highest BCUT2D eigenvalue weighted by atomic mass is 16.5. The third-order valence-electron chi connectivity index (χ3n) is 2.21. The Morgan fingerprint density at radius 1 is 1.29 bits per heavy atom. The third-order valence-corrected chi connectivity index (χ3v) is 2.21. The zero-order valence-corrected chi connectivity index (χ0v) is 9.90. The standard InChI is InChI=1S/C12H16N2O3/c1-13-8-10(15)14-11(12(16)17-2)9-6-4-3-5-7-9/h3-7,11,13H,8H2,1-2H3,(H,14,15)/t11-/m0/s1. The molecule has 0 aliphatic heterocycles. The maximum atomic E-state index is 11.6. The van der Waals surface area contributed by atoms with Gasteiger partial charge in [0.15, 0.2) is 6.04 Å². The number of carbonyl (C=O) groups is 2. The average Bonchev–Trinajstić information content (AvgIpc) is 2.36. The Kier molecular flexibility index (Phi) is 5.16. The van der Waals surface area contributed by atoms with Crippen molar-refractivity contribution < 1.29 is 14.3 Å². The fraction of sp³-hybridized carbons (Fsp3) is 0.333. The molecule has 0 aliphatic carbocycles. The van der Waals surface area contributed by atoms with Crippen LogP contribution in [0.3, 0.4) is 0 Å². The number of hydrogen-bond donors (Lipinski definition) is 2. The first kappa shape index (κ1) is 13.2. The van der Waals surface area contributed by atoms with Crippen molar-refractivity contribution in [2.24, 2.45) is 0 Å². The summed E-state index contributed by atoms with van der Waals surface area (Å²) in [6.07, 6.45) is 0. The molecule has 0 aliphatic rings. The lowest BCUT2D eigenvalue weighted by Gasteiger charge is -2.16. The van der Waals surface area contributed by atoms with Crippen molar-refractivity contribution >= 4 is 11.9 Å². The molecule has 2 N–H and O–H groups in total. The largest absolute Gasteiger partial charge is 0.467 e. The maximum Gasteiger partial charge on any atom is 0.333 e. The van der Waals surface area contributed by atoms with Crippen LogP contribution in [0.4, 0.5) is 0 Å². The third kappa shape index (κ3) is 3.88. The summed E-state index contributed by atoms with van der Waals surface area (Å²) in [6.45, 7) is 0.153. The van der Waals surface area contributed by atoms with E-state index in [4.69, 9.17) is 0 Å². The molecule has 17 heavy (non-hydrogen) atoms. The zero-order chi connectivity index (χ0) is 12.7. The Hall–Kier alpha value is -1.88. The first-order valence-corrected chi connectivity index (χ1v) is 5.25. The van der Waals surface area contributed by atoms with Crippen LogP contribution in [0.15, 0.2) is 30.3 Å². The van der Waals surface area contributed by atoms with Crippen molar-refractivity contribution in [2.75, 3.05) is 20.7 Å². The normalized spacial score (nSPS) is 11.6. The van der Waals surface area contributed by atoms with Gasteiger partial charge in [0, 0.05) is 0 Å². The van der Waals surface area contributed by atoms with Crippen LogP contribution in [-0.4, -0.2) is 32.6 Å². The van der Waals surface area contributed by atoms with Gasteiger partial charge in [0.2, 0.25) is 5.91 Å². The van der Waals surface area contributed by atoms with Gasteiger partial charge in [-0.25, -0.2) is 4.79 Å². The lowest BCUT2D eigenvalue weighted by molar-refractivity contribution is -0.145. The minimum Gasteiger partial charge on any atom is -0.467 e. The van der Waals surface area contributed by atoms with Crippen LogP contribution >= 0.6 is 0 Å². The SMILES string of the molecule is CNCC(=O)N[C@H](C(=O)OC)c1ccccc1. The van der Waals surface area contributed by atoms with E-state index >= 15 is 0 Å². The molecule has 1 aromatic carbocycles. The predicted octanol–water partition coefficient (Wildman–Crippen LogP) is 0.236. The van der Waals surface area contributed by atoms with E-state index in [-0.39, 0.29) is 12.5 Å². The molecule has 1 rings (SSSR count). The summed E-state index contributed by atoms with van der Waals surface area (Å²) in [5.41, 5.74) is 0.698. The molecule has 5 heteroatoms. The predicted molar refractivity (Wildman–Crippen MR) is 63.3 cm³/mol. The quantitative estimate of drug-likeness (QED) is 0.718. The Morgan fingerprint density at radius 3 is 2.47 bits per heavy atom. The molecular formula is C12H16N2O3. The Labute approximate surface area is 100 Å². The van der Waals surface area contributed by atoms with Gasteiger partial charge in [-0.1, -0.05) is 30.3 Å². The van der Waals surface area contributed by atoms with Gasteiger partial charge in [-0.15, -0.1) is 0 Å². The van der Waals surface area contributed by atoms with Gasteiger partial charge in [0.25, 0.3) is 0 Å². The van der Waals surface area contributed by atoms with Gasteiger partial charge in [0.05, 0.1) is 13.7 Å². The van der Waals surface area contributed by atoms with Crippen molar-refractivity contribution in [1.29, 1.82) is 0 Å². The molecule has 1 amide bonds. The summed E-state index contributed by atoms with van der Waals surface area (Å²) in [4.78, 5) is 23.1. The minimum atomic E-state index is -0.762. The highest BCUT2D eigenvalue weighted by molar-refractivity contribution is 5.86. The number of carbonyl (C=O) groups excluding carboxylic acids is 2. The summed E-state index contributed by atoms with van der Waals surface area (Å²) in [5.74, 6) is -0.743. The van der Waals surface area contributed by atoms with Gasteiger partial charge in [-0.05, 0) is 12.6 Å². The van der Waals surface area contributed by atoms with E-state index in [2.05, 4.69) is 15.4 Å². The molecule has 0 fully saturated rings. The number of methoxy groups -OCH3 is 1. The van der Waals surface area contributed by atoms with Crippen LogP contribution in [-0.2, 0) is 14.3 Å². The molecule has 0 unspecified atom stereocenters. The van der Waals surface area contributed by atoms with E-state index in [9.17, 15) is 9.59 Å². The van der Waals surface area contributed by atoms with Gasteiger partial charge in [-0.3, -0.25) is 4.79 Å². The van der Waals surface area contributed by atoms with E-state index in [0.29, 0.717) is 5.56 Å². The Bertz CT molecular complexity index is 379. The highest BCUT2D eigenvalue weighted by Crippen LogP contribution is 2.13. The van der Waals surface area contributed by atoms with Crippen LogP contribution in [0.25, 0.3) is 0 Å². The second kappa shape index (κ2) is 6.65. The van der Waals surface area contributed by atoms with Crippen LogP contribution in [0, 0.1) is 0 Å². The Morgan fingerprint density at radius 2 is 1.94 bits per heavy atom. The van der Waals surface area contributed by atoms with Crippen LogP contribution in [0.5, 0.6) is 0 Å². The summed E-state index contributed by atoms with van der Waals surface area (Å²) < 4.78 is 4.67. The van der Waals surface area contributed by atoms with Crippen LogP contribution in [0.2, 0.25) is 0 Å². The summed E-state index contributed by atoms with van der Waals surface area (Å²) in [7, 11) is 2.96. The Balaban J connectivity index is 2.82. The van der Waals surface area contributed by atoms with Crippen molar-refractivity contribution in [3.8, 4) is 0 Å². The van der Waals surface area contributed by atoms with Gasteiger partial charge in [-0.2, -0.15) is 0 Å². The number of benzene rings is 1. The molecule has 0 bridgehead atoms. The number of esters is 1. The van der Waals surface area contributed by atoms with E-state index in [1.54, 1.807) is 31.3 Å². The highest BCUT2D eigenvalue weighted by Gasteiger charge is 2.22. The monoisotopic (exact) mass is 236 g/mol. The molecule has 0 saturated carbocycles. The number of hydrogen-bond acceptors (Lipinski definition) is 4. The van der Waals surface area contributed by atoms with E-state index < -0.39 is 12.0 Å². The number of ether oxygens (including phenoxy) is 1. The first-order valence-electron chi connectivity index (χ1n) is 5.25. The lowest BCUT2D eigenvalue weighted by atomic mass is 10.1. The molecule has 1 atom stereocenters. The topological polar surface area (TPSA) is 67.4 Å². The fourth-order valence-electron chi connectivity index (χ4n) is 1.41. The molecule has 0 radical (unpaired) electrons. The van der Waals surface area contributed by atoms with Crippen LogP contribution < -0.4 is 10.6 Å². The van der Waals surface area contributed by atoms with Gasteiger partial charge >= 0.3 is 5.97 Å². The molecule has 0 spiro atoms. The lowest BCUT2D eigenvalue weighted by Crippen LogP contribution is -2.38. The van der Waals surface area contributed by atoms with Crippen LogP contribution in [0.1, 0.15) is 11.6 Å². The van der Waals surface area contributed by atoms with Crippen molar-refractivity contribution in [3.05, 3.63) is 35.9 Å².